The summed E-state index contributed by atoms with van der Waals surface area (Å²) in [6.07, 6.45) is 7.40. The Kier molecular flexibility index (Phi) is 5.88. The van der Waals surface area contributed by atoms with Crippen LogP contribution in [0.3, 0.4) is 0 Å². The van der Waals surface area contributed by atoms with Gasteiger partial charge in [-0.15, -0.1) is 0 Å². The molecule has 0 fully saturated rings. The van der Waals surface area contributed by atoms with Crippen LogP contribution in [0.1, 0.15) is 17.5 Å². The number of amides is 2. The number of methoxy groups -OCH3 is 2. The molecule has 0 atom stereocenters. The summed E-state index contributed by atoms with van der Waals surface area (Å²) >= 11 is 0. The molecule has 30 heavy (non-hydrogen) atoms. The molecule has 7 heteroatoms. The van der Waals surface area contributed by atoms with Crippen molar-refractivity contribution in [2.45, 2.75) is 12.8 Å². The van der Waals surface area contributed by atoms with Crippen LogP contribution in [0.2, 0.25) is 0 Å². The summed E-state index contributed by atoms with van der Waals surface area (Å²) in [5, 5.41) is 4.13. The Hall–Kier alpha value is -3.48. The van der Waals surface area contributed by atoms with Gasteiger partial charge in [-0.1, -0.05) is 18.2 Å². The van der Waals surface area contributed by atoms with Crippen molar-refractivity contribution in [2.24, 2.45) is 0 Å². The molecule has 2 aromatic heterocycles. The van der Waals surface area contributed by atoms with Crippen LogP contribution >= 0.6 is 0 Å². The summed E-state index contributed by atoms with van der Waals surface area (Å²) in [5.41, 5.74) is 4.31. The van der Waals surface area contributed by atoms with E-state index in [1.807, 2.05) is 35.4 Å². The van der Waals surface area contributed by atoms with E-state index in [1.165, 1.54) is 11.1 Å². The Morgan fingerprint density at radius 1 is 1.23 bits per heavy atom. The van der Waals surface area contributed by atoms with Crippen molar-refractivity contribution in [3.63, 3.8) is 0 Å². The van der Waals surface area contributed by atoms with E-state index in [-0.39, 0.29) is 6.03 Å². The molecular formula is C23H26N4O3. The molecule has 7 nitrogen and oxygen atoms in total. The predicted molar refractivity (Wildman–Crippen MR) is 117 cm³/mol. The predicted octanol–water partition coefficient (Wildman–Crippen LogP) is 3.62. The van der Waals surface area contributed by atoms with Crippen LogP contribution in [0.4, 0.5) is 4.79 Å². The van der Waals surface area contributed by atoms with E-state index in [1.54, 1.807) is 20.4 Å². The number of carbonyl (C=O) groups is 1. The average molecular weight is 406 g/mol. The number of hydrogen-bond donors (Lipinski definition) is 2. The zero-order valence-corrected chi connectivity index (χ0v) is 17.3. The van der Waals surface area contributed by atoms with Crippen LogP contribution in [0.25, 0.3) is 16.6 Å². The highest BCUT2D eigenvalue weighted by Crippen LogP contribution is 2.31. The van der Waals surface area contributed by atoms with Crippen LogP contribution in [-0.4, -0.2) is 54.8 Å². The number of rotatable bonds is 6. The Labute approximate surface area is 175 Å². The lowest BCUT2D eigenvalue weighted by atomic mass is 10.00. The van der Waals surface area contributed by atoms with Crippen LogP contribution in [0.15, 0.2) is 48.8 Å². The van der Waals surface area contributed by atoms with E-state index in [2.05, 4.69) is 27.4 Å². The second-order valence-electron chi connectivity index (χ2n) is 7.16. The number of pyridine rings is 1. The maximum Gasteiger partial charge on any atom is 0.317 e. The zero-order valence-electron chi connectivity index (χ0n) is 17.3. The van der Waals surface area contributed by atoms with Gasteiger partial charge in [-0.05, 0) is 42.2 Å². The number of carbonyl (C=O) groups excluding carboxylic acids is 1. The van der Waals surface area contributed by atoms with E-state index < -0.39 is 0 Å². The molecular weight excluding hydrogens is 380 g/mol. The number of nitrogens with zero attached hydrogens (tertiary/aromatic N) is 2. The zero-order chi connectivity index (χ0) is 20.9. The highest BCUT2D eigenvalue weighted by atomic mass is 16.5. The van der Waals surface area contributed by atoms with E-state index >= 15 is 0 Å². The number of aromatic amines is 1. The van der Waals surface area contributed by atoms with Gasteiger partial charge >= 0.3 is 6.03 Å². The standard InChI is InChI=1S/C23H26N4O3/c1-29-20-7-3-5-17(21(20)30-2)8-12-25-23(28)27-13-9-16(10-14-27)19-15-26-22-18(19)6-4-11-24-22/h3-7,9,11,15H,8,10,12-14H2,1-2H3,(H,24,26)(H,25,28). The summed E-state index contributed by atoms with van der Waals surface area (Å²) in [4.78, 5) is 22.0. The smallest absolute Gasteiger partial charge is 0.317 e. The molecule has 0 spiro atoms. The SMILES string of the molecule is COc1cccc(CCNC(=O)N2CC=C(c3c[nH]c4ncccc34)CC2)c1OC. The normalized spacial score (nSPS) is 13.8. The first-order valence-electron chi connectivity index (χ1n) is 10.1. The molecule has 0 saturated heterocycles. The number of fused-ring (bicyclic) bond motifs is 1. The third kappa shape index (κ3) is 3.96. The first kappa shape index (κ1) is 19.8. The minimum Gasteiger partial charge on any atom is -0.493 e. The fourth-order valence-electron chi connectivity index (χ4n) is 3.89. The average Bonchev–Trinajstić information content (AvgIpc) is 3.23. The maximum absolute atomic E-state index is 12.6. The molecule has 1 aliphatic rings. The lowest BCUT2D eigenvalue weighted by molar-refractivity contribution is 0.203. The second-order valence-corrected chi connectivity index (χ2v) is 7.16. The van der Waals surface area contributed by atoms with Gasteiger partial charge < -0.3 is 24.7 Å². The number of aromatic nitrogens is 2. The third-order valence-electron chi connectivity index (χ3n) is 5.45. The number of benzene rings is 1. The molecule has 1 aliphatic heterocycles. The van der Waals surface area contributed by atoms with Crippen LogP contribution < -0.4 is 14.8 Å². The topological polar surface area (TPSA) is 79.5 Å². The minimum absolute atomic E-state index is 0.0484. The van der Waals surface area contributed by atoms with Crippen molar-refractivity contribution >= 4 is 22.6 Å². The summed E-state index contributed by atoms with van der Waals surface area (Å²) < 4.78 is 10.8. The molecule has 4 rings (SSSR count). The highest BCUT2D eigenvalue weighted by molar-refractivity contribution is 5.91. The van der Waals surface area contributed by atoms with Gasteiger partial charge in [0, 0.05) is 43.0 Å². The van der Waals surface area contributed by atoms with Gasteiger partial charge in [-0.2, -0.15) is 0 Å². The van der Waals surface area contributed by atoms with Crippen molar-refractivity contribution in [1.82, 2.24) is 20.2 Å². The summed E-state index contributed by atoms with van der Waals surface area (Å²) in [6, 6.07) is 9.74. The van der Waals surface area contributed by atoms with Gasteiger partial charge in [-0.25, -0.2) is 9.78 Å². The Balaban J connectivity index is 1.34. The Morgan fingerprint density at radius 2 is 2.13 bits per heavy atom. The van der Waals surface area contributed by atoms with Gasteiger partial charge in [0.05, 0.1) is 14.2 Å². The molecule has 0 saturated carbocycles. The Morgan fingerprint density at radius 3 is 2.90 bits per heavy atom. The fraction of sp³-hybridized carbons (Fsp3) is 0.304. The molecule has 0 aliphatic carbocycles. The largest absolute Gasteiger partial charge is 0.493 e. The van der Waals surface area contributed by atoms with Gasteiger partial charge in [0.2, 0.25) is 0 Å². The highest BCUT2D eigenvalue weighted by Gasteiger charge is 2.19. The van der Waals surface area contributed by atoms with E-state index in [9.17, 15) is 4.79 Å². The lowest BCUT2D eigenvalue weighted by Gasteiger charge is -2.26. The van der Waals surface area contributed by atoms with Gasteiger partial charge in [-0.3, -0.25) is 0 Å². The van der Waals surface area contributed by atoms with E-state index in [0.29, 0.717) is 37.6 Å². The van der Waals surface area contributed by atoms with Crippen LogP contribution in [0.5, 0.6) is 11.5 Å². The molecule has 3 heterocycles. The van der Waals surface area contributed by atoms with Crippen LogP contribution in [-0.2, 0) is 6.42 Å². The van der Waals surface area contributed by atoms with Gasteiger partial charge in [0.25, 0.3) is 0 Å². The number of H-pyrrole nitrogens is 1. The van der Waals surface area contributed by atoms with Crippen molar-refractivity contribution in [2.75, 3.05) is 33.9 Å². The minimum atomic E-state index is -0.0484. The molecule has 3 aromatic rings. The monoisotopic (exact) mass is 406 g/mol. The number of para-hydroxylation sites is 1. The maximum atomic E-state index is 12.6. The number of nitrogens with one attached hydrogen (secondary N) is 2. The van der Waals surface area contributed by atoms with Crippen molar-refractivity contribution < 1.29 is 14.3 Å². The first-order valence-corrected chi connectivity index (χ1v) is 10.1. The van der Waals surface area contributed by atoms with E-state index in [4.69, 9.17) is 9.47 Å². The van der Waals surface area contributed by atoms with Crippen molar-refractivity contribution in [3.05, 3.63) is 59.9 Å². The first-order chi connectivity index (χ1) is 14.7. The number of hydrogen-bond acceptors (Lipinski definition) is 4. The quantitative estimate of drug-likeness (QED) is 0.655. The lowest BCUT2D eigenvalue weighted by Crippen LogP contribution is -2.42. The number of ether oxygens (including phenoxy) is 2. The molecule has 2 amide bonds. The summed E-state index contributed by atoms with van der Waals surface area (Å²) in [7, 11) is 3.25. The second kappa shape index (κ2) is 8.90. The molecule has 2 N–H and O–H groups in total. The van der Waals surface area contributed by atoms with Crippen molar-refractivity contribution in [3.8, 4) is 11.5 Å². The molecule has 0 unspecified atom stereocenters. The molecule has 0 radical (unpaired) electrons. The van der Waals surface area contributed by atoms with Gasteiger partial charge in [0.15, 0.2) is 11.5 Å². The summed E-state index contributed by atoms with van der Waals surface area (Å²) in [6.45, 7) is 1.81. The molecule has 156 valence electrons. The third-order valence-corrected chi connectivity index (χ3v) is 5.45. The Bertz CT molecular complexity index is 1070. The van der Waals surface area contributed by atoms with Crippen molar-refractivity contribution in [1.29, 1.82) is 0 Å². The molecule has 0 bridgehead atoms. The van der Waals surface area contributed by atoms with E-state index in [0.717, 1.165) is 23.0 Å². The van der Waals surface area contributed by atoms with Crippen LogP contribution in [0, 0.1) is 0 Å². The fourth-order valence-corrected chi connectivity index (χ4v) is 3.89. The summed E-state index contributed by atoms with van der Waals surface area (Å²) in [5.74, 6) is 1.41. The molecule has 1 aromatic carbocycles. The number of urea groups is 1. The van der Waals surface area contributed by atoms with Gasteiger partial charge in [0.1, 0.15) is 5.65 Å².